The fourth-order valence-corrected chi connectivity index (χ4v) is 12.0. The van der Waals surface area contributed by atoms with Gasteiger partial charge in [-0.2, -0.15) is 10.2 Å². The molecule has 14 rings (SSSR count). The first kappa shape index (κ1) is 45.6. The van der Waals surface area contributed by atoms with Crippen LogP contribution in [0.2, 0.25) is 0 Å². The molecule has 10 aromatic carbocycles. The highest BCUT2D eigenvalue weighted by atomic mass is 32.1. The minimum atomic E-state index is 0.924. The van der Waals surface area contributed by atoms with Crippen molar-refractivity contribution in [2.45, 2.75) is 0 Å². The van der Waals surface area contributed by atoms with Gasteiger partial charge in [-0.3, -0.25) is 4.98 Å². The van der Waals surface area contributed by atoms with Crippen LogP contribution in [0.3, 0.4) is 0 Å². The molecule has 0 spiro atoms. The van der Waals surface area contributed by atoms with E-state index >= 15 is 0 Å². The molecule has 0 atom stereocenters. The molecule has 77 heavy (non-hydrogen) atoms. The Labute approximate surface area is 450 Å². The Morgan fingerprint density at radius 3 is 1.12 bits per heavy atom. The van der Waals surface area contributed by atoms with Gasteiger partial charge in [0.15, 0.2) is 0 Å². The summed E-state index contributed by atoms with van der Waals surface area (Å²) < 4.78 is 6.47. The number of fused-ring (bicyclic) bond motifs is 3. The molecule has 4 aromatic heterocycles. The van der Waals surface area contributed by atoms with Gasteiger partial charge in [-0.1, -0.05) is 188 Å². The third kappa shape index (κ3) is 8.82. The average molecular weight is 1000 g/mol. The van der Waals surface area contributed by atoms with Gasteiger partial charge < -0.3 is 0 Å². The molecule has 0 saturated carbocycles. The molecular weight excluding hydrogens is 955 g/mol. The zero-order chi connectivity index (χ0) is 51.1. The van der Waals surface area contributed by atoms with Gasteiger partial charge in [-0.25, -0.2) is 9.36 Å². The SMILES string of the molecule is c1ccc(-c2ccc3c(c2)sc2cc(-c4cccc(-c5ccc(-c6ccccc6-c6cc(-c7ccccc7-c7cnn(-c8ccccc8)c7)cc(-c7ccccc7-c7cnn(-c8ccccc8)c7)c6)cn5)c4)ccc23)cc1. The highest BCUT2D eigenvalue weighted by Crippen LogP contribution is 2.43. The molecule has 0 aliphatic rings. The van der Waals surface area contributed by atoms with E-state index in [0.29, 0.717) is 0 Å². The van der Waals surface area contributed by atoms with Crippen LogP contribution in [0.25, 0.3) is 132 Å². The first-order valence-electron chi connectivity index (χ1n) is 25.9. The molecule has 0 radical (unpaired) electrons. The second-order valence-electron chi connectivity index (χ2n) is 19.4. The maximum absolute atomic E-state index is 5.16. The van der Waals surface area contributed by atoms with Crippen molar-refractivity contribution >= 4 is 31.5 Å². The second kappa shape index (κ2) is 19.7. The summed E-state index contributed by atoms with van der Waals surface area (Å²) in [6, 6.07) is 91.0. The van der Waals surface area contributed by atoms with Gasteiger partial charge in [-0.05, 0) is 139 Å². The minimum Gasteiger partial charge on any atom is -0.256 e. The van der Waals surface area contributed by atoms with Crippen molar-refractivity contribution in [3.05, 3.63) is 286 Å². The van der Waals surface area contributed by atoms with Crippen LogP contribution in [0.5, 0.6) is 0 Å². The highest BCUT2D eigenvalue weighted by Gasteiger charge is 2.18. The maximum atomic E-state index is 5.16. The molecule has 0 bridgehead atoms. The van der Waals surface area contributed by atoms with Gasteiger partial charge in [0.1, 0.15) is 0 Å². The van der Waals surface area contributed by atoms with Crippen molar-refractivity contribution < 1.29 is 0 Å². The molecule has 0 aliphatic carbocycles. The molecule has 6 heteroatoms. The first-order chi connectivity index (χ1) is 38.1. The smallest absolute Gasteiger partial charge is 0.0702 e. The zero-order valence-electron chi connectivity index (χ0n) is 41.8. The molecule has 0 saturated heterocycles. The number of pyridine rings is 1. The van der Waals surface area contributed by atoms with Crippen LogP contribution in [-0.4, -0.2) is 24.5 Å². The van der Waals surface area contributed by atoms with Gasteiger partial charge >= 0.3 is 0 Å². The Morgan fingerprint density at radius 1 is 0.260 bits per heavy atom. The number of rotatable bonds is 11. The number of benzene rings is 10. The Bertz CT molecular complexity index is 4300. The van der Waals surface area contributed by atoms with E-state index < -0.39 is 0 Å². The predicted molar refractivity (Wildman–Crippen MR) is 320 cm³/mol. The Balaban J connectivity index is 0.831. The summed E-state index contributed by atoms with van der Waals surface area (Å²) in [5, 5.41) is 12.2. The zero-order valence-corrected chi connectivity index (χ0v) is 42.6. The lowest BCUT2D eigenvalue weighted by atomic mass is 9.87. The molecule has 14 aromatic rings. The lowest BCUT2D eigenvalue weighted by Gasteiger charge is -2.17. The minimum absolute atomic E-state index is 0.924. The fourth-order valence-electron chi connectivity index (χ4n) is 10.8. The van der Waals surface area contributed by atoms with Gasteiger partial charge in [0, 0.05) is 61.0 Å². The molecule has 4 heterocycles. The summed E-state index contributed by atoms with van der Waals surface area (Å²) >= 11 is 1.86. The third-order valence-electron chi connectivity index (χ3n) is 14.6. The van der Waals surface area contributed by atoms with E-state index in [1.807, 2.05) is 75.7 Å². The number of aromatic nitrogens is 5. The maximum Gasteiger partial charge on any atom is 0.0702 e. The highest BCUT2D eigenvalue weighted by molar-refractivity contribution is 7.25. The molecule has 362 valence electrons. The largest absolute Gasteiger partial charge is 0.256 e. The fraction of sp³-hybridized carbons (Fsp3) is 0. The van der Waals surface area contributed by atoms with Crippen molar-refractivity contribution in [1.82, 2.24) is 24.5 Å². The summed E-state index contributed by atoms with van der Waals surface area (Å²) in [6.45, 7) is 0. The van der Waals surface area contributed by atoms with Crippen molar-refractivity contribution in [3.8, 4) is 112 Å². The van der Waals surface area contributed by atoms with E-state index in [-0.39, 0.29) is 0 Å². The standard InChI is InChI=1S/C71H47N5S/c1-4-17-48(18-5-1)50-31-34-67-68-35-32-51(42-71(68)77-70(67)41-50)49-19-16-20-52(37-49)69-36-33-53(43-72-69)61-25-10-11-26-62(61)54-38-55(63-27-12-14-29-65(63)57-44-73-75(46-57)59-21-6-2-7-22-59)40-56(39-54)64-28-13-15-30-66(64)58-45-74-76(47-58)60-23-8-3-9-24-60/h1-47H. The number of hydrogen-bond donors (Lipinski definition) is 0. The molecule has 0 fully saturated rings. The molecule has 5 nitrogen and oxygen atoms in total. The lowest BCUT2D eigenvalue weighted by molar-refractivity contribution is 0.881. The van der Waals surface area contributed by atoms with Crippen LogP contribution in [0.15, 0.2) is 286 Å². The number of hydrogen-bond acceptors (Lipinski definition) is 4. The van der Waals surface area contributed by atoms with Gasteiger partial charge in [0.2, 0.25) is 0 Å². The van der Waals surface area contributed by atoms with Gasteiger partial charge in [0.25, 0.3) is 0 Å². The van der Waals surface area contributed by atoms with Crippen LogP contribution < -0.4 is 0 Å². The number of para-hydroxylation sites is 2. The lowest BCUT2D eigenvalue weighted by Crippen LogP contribution is -1.93. The Kier molecular flexibility index (Phi) is 11.7. The molecule has 0 N–H and O–H groups in total. The predicted octanol–water partition coefficient (Wildman–Crippen LogP) is 18.8. The summed E-state index contributed by atoms with van der Waals surface area (Å²) in [4.78, 5) is 5.16. The van der Waals surface area contributed by atoms with Crippen molar-refractivity contribution in [3.63, 3.8) is 0 Å². The third-order valence-corrected chi connectivity index (χ3v) is 15.7. The van der Waals surface area contributed by atoms with Crippen LogP contribution in [0.4, 0.5) is 0 Å². The van der Waals surface area contributed by atoms with Crippen molar-refractivity contribution in [2.24, 2.45) is 0 Å². The summed E-state index contributed by atoms with van der Waals surface area (Å²) in [7, 11) is 0. The van der Waals surface area contributed by atoms with Gasteiger partial charge in [-0.15, -0.1) is 11.3 Å². The molecule has 0 unspecified atom stereocenters. The summed E-state index contributed by atoms with van der Waals surface area (Å²) in [5.74, 6) is 0. The summed E-state index contributed by atoms with van der Waals surface area (Å²) in [6.07, 6.45) is 10.2. The number of thiophene rings is 1. The second-order valence-corrected chi connectivity index (χ2v) is 20.4. The normalized spacial score (nSPS) is 11.4. The van der Waals surface area contributed by atoms with Crippen LogP contribution in [0.1, 0.15) is 0 Å². The average Bonchev–Trinajstić information content (AvgIpc) is 4.30. The van der Waals surface area contributed by atoms with E-state index in [0.717, 1.165) is 95.0 Å². The molecule has 0 amide bonds. The van der Waals surface area contributed by atoms with E-state index in [1.54, 1.807) is 0 Å². The molecule has 0 aliphatic heterocycles. The molecular formula is C71H47N5S. The van der Waals surface area contributed by atoms with E-state index in [1.165, 1.54) is 36.9 Å². The van der Waals surface area contributed by atoms with E-state index in [2.05, 4.69) is 231 Å². The van der Waals surface area contributed by atoms with Gasteiger partial charge in [0.05, 0.1) is 29.5 Å². The van der Waals surface area contributed by atoms with E-state index in [4.69, 9.17) is 15.2 Å². The topological polar surface area (TPSA) is 48.5 Å². The number of nitrogens with zero attached hydrogens (tertiary/aromatic N) is 5. The Hall–Kier alpha value is -10.0. The van der Waals surface area contributed by atoms with Crippen LogP contribution >= 0.6 is 11.3 Å². The van der Waals surface area contributed by atoms with Crippen LogP contribution in [-0.2, 0) is 0 Å². The van der Waals surface area contributed by atoms with E-state index in [9.17, 15) is 0 Å². The Morgan fingerprint density at radius 2 is 0.636 bits per heavy atom. The quantitative estimate of drug-likeness (QED) is 0.130. The van der Waals surface area contributed by atoms with Crippen LogP contribution in [0, 0.1) is 0 Å². The van der Waals surface area contributed by atoms with Crippen molar-refractivity contribution in [1.29, 1.82) is 0 Å². The summed E-state index contributed by atoms with van der Waals surface area (Å²) in [5.41, 5.74) is 21.9. The monoisotopic (exact) mass is 1000 g/mol. The van der Waals surface area contributed by atoms with Crippen molar-refractivity contribution in [2.75, 3.05) is 0 Å². The first-order valence-corrected chi connectivity index (χ1v) is 26.7.